The van der Waals surface area contributed by atoms with Crippen molar-refractivity contribution in [2.24, 2.45) is 0 Å². The van der Waals surface area contributed by atoms with Crippen LogP contribution < -0.4 is 0 Å². The summed E-state index contributed by atoms with van der Waals surface area (Å²) in [5.74, 6) is 0. The molecule has 5 heteroatoms. The topological polar surface area (TPSA) is 25.8 Å². The predicted molar refractivity (Wildman–Crippen MR) is 96.0 cm³/mol. The molecule has 3 aromatic rings. The van der Waals surface area contributed by atoms with E-state index >= 15 is 0 Å². The molecule has 0 N–H and O–H groups in total. The first kappa shape index (κ1) is 14.9. The smallest absolute Gasteiger partial charge is 0.112 e. The largest absolute Gasteiger partial charge is 0.172 e. The van der Waals surface area contributed by atoms with E-state index in [-0.39, 0.29) is 0 Å². The Labute approximate surface area is 144 Å². The quantitative estimate of drug-likeness (QED) is 0.505. The summed E-state index contributed by atoms with van der Waals surface area (Å²) < 4.78 is 8.99. The Balaban J connectivity index is 2.07. The standard InChI is InChI=1S/C16H12Br2N2S/c17-9-11-3-1-5-13(7-11)15-16(20-21-19-15)14-6-2-4-12(8-14)10-18/h1-8H,9-10H2. The lowest BCUT2D eigenvalue weighted by molar-refractivity contribution is 1.39. The van der Waals surface area contributed by atoms with E-state index in [1.54, 1.807) is 0 Å². The molecule has 0 spiro atoms. The predicted octanol–water partition coefficient (Wildman–Crippen LogP) is 5.66. The highest BCUT2D eigenvalue weighted by Crippen LogP contribution is 2.31. The van der Waals surface area contributed by atoms with Crippen molar-refractivity contribution in [3.8, 4) is 22.5 Å². The molecular formula is C16H12Br2N2S. The van der Waals surface area contributed by atoms with Gasteiger partial charge in [-0.3, -0.25) is 0 Å². The number of benzene rings is 2. The van der Waals surface area contributed by atoms with Crippen LogP contribution in [-0.2, 0) is 10.7 Å². The van der Waals surface area contributed by atoms with Crippen LogP contribution in [0.2, 0.25) is 0 Å². The summed E-state index contributed by atoms with van der Waals surface area (Å²) in [6, 6.07) is 16.8. The van der Waals surface area contributed by atoms with Crippen LogP contribution in [0.3, 0.4) is 0 Å². The zero-order valence-corrected chi connectivity index (χ0v) is 15.1. The van der Waals surface area contributed by atoms with Crippen molar-refractivity contribution < 1.29 is 0 Å². The minimum absolute atomic E-state index is 0.840. The Morgan fingerprint density at radius 2 is 1.24 bits per heavy atom. The molecule has 0 unspecified atom stereocenters. The van der Waals surface area contributed by atoms with Crippen molar-refractivity contribution in [3.63, 3.8) is 0 Å². The van der Waals surface area contributed by atoms with Gasteiger partial charge in [-0.15, -0.1) is 0 Å². The normalized spacial score (nSPS) is 10.8. The number of hydrogen-bond acceptors (Lipinski definition) is 3. The van der Waals surface area contributed by atoms with Gasteiger partial charge < -0.3 is 0 Å². The van der Waals surface area contributed by atoms with Crippen molar-refractivity contribution >= 4 is 43.6 Å². The molecule has 2 nitrogen and oxygen atoms in total. The van der Waals surface area contributed by atoms with Gasteiger partial charge in [0.2, 0.25) is 0 Å². The Morgan fingerprint density at radius 1 is 0.762 bits per heavy atom. The van der Waals surface area contributed by atoms with Crippen LogP contribution in [0.1, 0.15) is 11.1 Å². The van der Waals surface area contributed by atoms with Crippen LogP contribution in [0.4, 0.5) is 0 Å². The number of aromatic nitrogens is 2. The molecule has 1 aromatic heterocycles. The summed E-state index contributed by atoms with van der Waals surface area (Å²) in [7, 11) is 0. The number of hydrogen-bond donors (Lipinski definition) is 0. The van der Waals surface area contributed by atoms with Crippen LogP contribution in [0.15, 0.2) is 48.5 Å². The van der Waals surface area contributed by atoms with Crippen LogP contribution >= 0.6 is 43.6 Å². The van der Waals surface area contributed by atoms with E-state index in [9.17, 15) is 0 Å². The maximum atomic E-state index is 4.50. The van der Waals surface area contributed by atoms with E-state index in [2.05, 4.69) is 89.1 Å². The molecule has 0 aliphatic rings. The lowest BCUT2D eigenvalue weighted by atomic mass is 10.0. The molecule has 0 atom stereocenters. The van der Waals surface area contributed by atoms with Gasteiger partial charge in [-0.25, -0.2) is 0 Å². The average Bonchev–Trinajstić information content (AvgIpc) is 3.04. The van der Waals surface area contributed by atoms with Crippen molar-refractivity contribution in [1.29, 1.82) is 0 Å². The molecule has 21 heavy (non-hydrogen) atoms. The van der Waals surface area contributed by atoms with E-state index in [1.165, 1.54) is 22.9 Å². The Hall–Kier alpha value is -1.04. The molecule has 0 saturated carbocycles. The monoisotopic (exact) mass is 422 g/mol. The maximum Gasteiger partial charge on any atom is 0.112 e. The van der Waals surface area contributed by atoms with Crippen LogP contribution in [-0.4, -0.2) is 8.75 Å². The van der Waals surface area contributed by atoms with Gasteiger partial charge in [0, 0.05) is 21.8 Å². The van der Waals surface area contributed by atoms with E-state index < -0.39 is 0 Å². The zero-order valence-electron chi connectivity index (χ0n) is 11.1. The summed E-state index contributed by atoms with van der Waals surface area (Å²) in [6.07, 6.45) is 0. The molecule has 0 fully saturated rings. The number of alkyl halides is 2. The minimum Gasteiger partial charge on any atom is -0.172 e. The summed E-state index contributed by atoms with van der Waals surface area (Å²) in [5.41, 5.74) is 6.60. The highest BCUT2D eigenvalue weighted by molar-refractivity contribution is 9.08. The molecule has 2 aromatic carbocycles. The second-order valence-corrected chi connectivity index (χ2v) is 6.28. The van der Waals surface area contributed by atoms with E-state index in [0.717, 1.165) is 33.2 Å². The molecule has 0 saturated heterocycles. The number of halogens is 2. The Morgan fingerprint density at radius 3 is 1.67 bits per heavy atom. The third kappa shape index (κ3) is 3.25. The third-order valence-corrected chi connectivity index (χ3v) is 5.02. The van der Waals surface area contributed by atoms with Crippen LogP contribution in [0.25, 0.3) is 22.5 Å². The fourth-order valence-electron chi connectivity index (χ4n) is 2.17. The first-order valence-corrected chi connectivity index (χ1v) is 9.42. The lowest BCUT2D eigenvalue weighted by Crippen LogP contribution is -1.87. The van der Waals surface area contributed by atoms with Crippen molar-refractivity contribution in [2.75, 3.05) is 0 Å². The molecule has 0 amide bonds. The summed E-state index contributed by atoms with van der Waals surface area (Å²) in [6.45, 7) is 0. The molecule has 1 heterocycles. The molecule has 0 aliphatic carbocycles. The molecular weight excluding hydrogens is 412 g/mol. The SMILES string of the molecule is BrCc1cccc(-c2nsnc2-c2cccc(CBr)c2)c1. The summed E-state index contributed by atoms with van der Waals surface area (Å²) in [5, 5.41) is 1.68. The van der Waals surface area contributed by atoms with Crippen molar-refractivity contribution in [3.05, 3.63) is 59.7 Å². The molecule has 0 radical (unpaired) electrons. The van der Waals surface area contributed by atoms with E-state index in [4.69, 9.17) is 0 Å². The highest BCUT2D eigenvalue weighted by Gasteiger charge is 2.13. The third-order valence-electron chi connectivity index (χ3n) is 3.20. The fourth-order valence-corrected chi connectivity index (χ4v) is 3.46. The number of nitrogens with zero attached hydrogens (tertiary/aromatic N) is 2. The van der Waals surface area contributed by atoms with Gasteiger partial charge in [-0.05, 0) is 23.3 Å². The van der Waals surface area contributed by atoms with E-state index in [1.807, 2.05) is 0 Å². The number of rotatable bonds is 4. The van der Waals surface area contributed by atoms with Gasteiger partial charge in [-0.1, -0.05) is 68.3 Å². The van der Waals surface area contributed by atoms with Gasteiger partial charge in [0.05, 0.1) is 11.7 Å². The average molecular weight is 424 g/mol. The molecule has 0 bridgehead atoms. The lowest BCUT2D eigenvalue weighted by Gasteiger charge is -2.05. The highest BCUT2D eigenvalue weighted by atomic mass is 79.9. The maximum absolute atomic E-state index is 4.50. The van der Waals surface area contributed by atoms with Gasteiger partial charge in [0.25, 0.3) is 0 Å². The molecule has 106 valence electrons. The van der Waals surface area contributed by atoms with Crippen LogP contribution in [0.5, 0.6) is 0 Å². The van der Waals surface area contributed by atoms with Gasteiger partial charge in [-0.2, -0.15) is 8.75 Å². The first-order chi connectivity index (χ1) is 10.3. The van der Waals surface area contributed by atoms with Gasteiger partial charge in [0.15, 0.2) is 0 Å². The van der Waals surface area contributed by atoms with Gasteiger partial charge >= 0.3 is 0 Å². The van der Waals surface area contributed by atoms with Crippen molar-refractivity contribution in [2.45, 2.75) is 10.7 Å². The molecule has 0 aliphatic heterocycles. The summed E-state index contributed by atoms with van der Waals surface area (Å²) in [4.78, 5) is 0. The van der Waals surface area contributed by atoms with Crippen molar-refractivity contribution in [1.82, 2.24) is 8.75 Å². The second-order valence-electron chi connectivity index (χ2n) is 4.63. The van der Waals surface area contributed by atoms with Gasteiger partial charge in [0.1, 0.15) is 11.4 Å². The van der Waals surface area contributed by atoms with Crippen LogP contribution in [0, 0.1) is 0 Å². The Bertz CT molecular complexity index is 693. The Kier molecular flexibility index (Phi) is 4.83. The second kappa shape index (κ2) is 6.81. The zero-order chi connectivity index (χ0) is 14.7. The van der Waals surface area contributed by atoms with E-state index in [0.29, 0.717) is 0 Å². The summed E-state index contributed by atoms with van der Waals surface area (Å²) >= 11 is 8.26. The first-order valence-electron chi connectivity index (χ1n) is 6.45. The fraction of sp³-hybridized carbons (Fsp3) is 0.125. The molecule has 3 rings (SSSR count). The minimum atomic E-state index is 0.840.